The van der Waals surface area contributed by atoms with E-state index in [1.54, 1.807) is 6.07 Å². The largest absolute Gasteiger partial charge is 0.325 e. The molecule has 2 fully saturated rings. The number of carbonyl (C=O) groups excluding carboxylic acids is 1. The molecule has 0 saturated carbocycles. The summed E-state index contributed by atoms with van der Waals surface area (Å²) in [6, 6.07) is 5.06. The zero-order valence-corrected chi connectivity index (χ0v) is 17.4. The molecule has 1 aromatic rings. The molecule has 0 unspecified atom stereocenters. The Kier molecular flexibility index (Phi) is 6.78. The van der Waals surface area contributed by atoms with Gasteiger partial charge in [-0.2, -0.15) is 4.31 Å². The number of sulfonamides is 1. The molecule has 3 rings (SSSR count). The molecular weight excluding hydrogens is 386 g/mol. The van der Waals surface area contributed by atoms with Crippen LogP contribution in [0.1, 0.15) is 45.4 Å². The van der Waals surface area contributed by atoms with Crippen molar-refractivity contribution in [3.8, 4) is 0 Å². The number of hydrogen-bond acceptors (Lipinski definition) is 4. The number of carbonyl (C=O) groups is 1. The molecule has 1 atom stereocenters. The van der Waals surface area contributed by atoms with Crippen molar-refractivity contribution in [2.45, 2.75) is 56.4 Å². The molecule has 150 valence electrons. The van der Waals surface area contributed by atoms with Gasteiger partial charge in [-0.1, -0.05) is 24.4 Å². The summed E-state index contributed by atoms with van der Waals surface area (Å²) < 4.78 is 27.3. The summed E-state index contributed by atoms with van der Waals surface area (Å²) in [6.07, 6.45) is 6.19. The maximum Gasteiger partial charge on any atom is 0.244 e. The number of likely N-dealkylation sites (tertiary alicyclic amines) is 1. The molecule has 2 aliphatic rings. The highest BCUT2D eigenvalue weighted by Gasteiger charge is 2.28. The number of piperidine rings is 2. The van der Waals surface area contributed by atoms with Crippen LogP contribution in [0.4, 0.5) is 5.69 Å². The fourth-order valence-corrected chi connectivity index (χ4v) is 5.82. The van der Waals surface area contributed by atoms with Crippen molar-refractivity contribution >= 4 is 33.2 Å². The lowest BCUT2D eigenvalue weighted by Gasteiger charge is -2.32. The van der Waals surface area contributed by atoms with E-state index >= 15 is 0 Å². The van der Waals surface area contributed by atoms with Gasteiger partial charge in [-0.25, -0.2) is 8.42 Å². The second-order valence-electron chi connectivity index (χ2n) is 7.47. The van der Waals surface area contributed by atoms with Crippen molar-refractivity contribution < 1.29 is 13.2 Å². The van der Waals surface area contributed by atoms with Gasteiger partial charge in [0.05, 0.1) is 11.6 Å². The van der Waals surface area contributed by atoms with Crippen LogP contribution in [-0.4, -0.2) is 55.8 Å². The number of amides is 1. The lowest BCUT2D eigenvalue weighted by Crippen LogP contribution is -2.42. The number of benzene rings is 1. The summed E-state index contributed by atoms with van der Waals surface area (Å²) in [5, 5.41) is 3.01. The van der Waals surface area contributed by atoms with E-state index in [1.807, 2.05) is 0 Å². The second-order valence-corrected chi connectivity index (χ2v) is 9.79. The highest BCUT2D eigenvalue weighted by atomic mass is 35.5. The van der Waals surface area contributed by atoms with Gasteiger partial charge in [0, 0.05) is 24.8 Å². The third kappa shape index (κ3) is 5.02. The molecule has 0 radical (unpaired) electrons. The molecule has 2 saturated heterocycles. The number of halogens is 1. The molecule has 1 aromatic carbocycles. The Hall–Kier alpha value is -1.15. The van der Waals surface area contributed by atoms with Crippen molar-refractivity contribution in [2.75, 3.05) is 31.5 Å². The van der Waals surface area contributed by atoms with Crippen LogP contribution in [0, 0.1) is 0 Å². The van der Waals surface area contributed by atoms with Gasteiger partial charge in [-0.3, -0.25) is 9.69 Å². The Morgan fingerprint density at radius 2 is 1.85 bits per heavy atom. The van der Waals surface area contributed by atoms with Gasteiger partial charge in [0.2, 0.25) is 15.9 Å². The molecule has 0 bridgehead atoms. The highest BCUT2D eigenvalue weighted by Crippen LogP contribution is 2.29. The van der Waals surface area contributed by atoms with E-state index in [-0.39, 0.29) is 15.8 Å². The van der Waals surface area contributed by atoms with Crippen LogP contribution in [0.25, 0.3) is 0 Å². The molecule has 1 amide bonds. The van der Waals surface area contributed by atoms with E-state index in [4.69, 9.17) is 11.6 Å². The molecule has 1 N–H and O–H groups in total. The van der Waals surface area contributed by atoms with Gasteiger partial charge in [-0.15, -0.1) is 0 Å². The van der Waals surface area contributed by atoms with Crippen molar-refractivity contribution in [1.29, 1.82) is 0 Å². The number of anilines is 1. The topological polar surface area (TPSA) is 69.7 Å². The van der Waals surface area contributed by atoms with Gasteiger partial charge in [0.25, 0.3) is 0 Å². The van der Waals surface area contributed by atoms with Crippen LogP contribution < -0.4 is 5.32 Å². The van der Waals surface area contributed by atoms with E-state index in [9.17, 15) is 13.2 Å². The van der Waals surface area contributed by atoms with Crippen LogP contribution in [-0.2, 0) is 14.8 Å². The first-order valence-electron chi connectivity index (χ1n) is 9.71. The van der Waals surface area contributed by atoms with Crippen LogP contribution in [0.3, 0.4) is 0 Å². The fourth-order valence-electron chi connectivity index (χ4n) is 3.80. The second kappa shape index (κ2) is 8.90. The Balaban J connectivity index is 1.72. The lowest BCUT2D eigenvalue weighted by molar-refractivity contribution is -0.118. The van der Waals surface area contributed by atoms with E-state index in [2.05, 4.69) is 17.1 Å². The monoisotopic (exact) mass is 413 g/mol. The molecule has 0 aliphatic carbocycles. The maximum absolute atomic E-state index is 12.9. The minimum Gasteiger partial charge on any atom is -0.325 e. The average molecular weight is 414 g/mol. The molecular formula is C19H28ClN3O3S. The SMILES string of the molecule is C[C@@H]1CCCCN1CC(=O)Nc1ccc(Cl)c(S(=O)(=O)N2CCCCC2)c1. The van der Waals surface area contributed by atoms with Gasteiger partial charge in [0.15, 0.2) is 0 Å². The summed E-state index contributed by atoms with van der Waals surface area (Å²) in [4.78, 5) is 14.7. The van der Waals surface area contributed by atoms with E-state index < -0.39 is 10.0 Å². The molecule has 8 heteroatoms. The fraction of sp³-hybridized carbons (Fsp3) is 0.632. The Morgan fingerprint density at radius 3 is 2.56 bits per heavy atom. The molecule has 6 nitrogen and oxygen atoms in total. The van der Waals surface area contributed by atoms with E-state index in [0.717, 1.165) is 38.6 Å². The van der Waals surface area contributed by atoms with Crippen LogP contribution in [0.15, 0.2) is 23.1 Å². The number of hydrogen-bond donors (Lipinski definition) is 1. The summed E-state index contributed by atoms with van der Waals surface area (Å²) in [5.74, 6) is -0.132. The van der Waals surface area contributed by atoms with Crippen molar-refractivity contribution in [3.63, 3.8) is 0 Å². The lowest BCUT2D eigenvalue weighted by atomic mass is 10.0. The van der Waals surface area contributed by atoms with Crippen LogP contribution in [0.5, 0.6) is 0 Å². The Morgan fingerprint density at radius 1 is 1.15 bits per heavy atom. The minimum absolute atomic E-state index is 0.0650. The Bertz CT molecular complexity index is 778. The highest BCUT2D eigenvalue weighted by molar-refractivity contribution is 7.89. The third-order valence-electron chi connectivity index (χ3n) is 5.44. The first-order valence-corrected chi connectivity index (χ1v) is 11.5. The van der Waals surface area contributed by atoms with Crippen molar-refractivity contribution in [1.82, 2.24) is 9.21 Å². The zero-order valence-electron chi connectivity index (χ0n) is 15.8. The van der Waals surface area contributed by atoms with Gasteiger partial charge < -0.3 is 5.32 Å². The summed E-state index contributed by atoms with van der Waals surface area (Å²) in [5.41, 5.74) is 0.463. The number of nitrogens with one attached hydrogen (secondary N) is 1. The predicted molar refractivity (Wildman–Crippen MR) is 108 cm³/mol. The van der Waals surface area contributed by atoms with E-state index in [1.165, 1.54) is 22.9 Å². The minimum atomic E-state index is -3.65. The molecule has 2 heterocycles. The van der Waals surface area contributed by atoms with Crippen molar-refractivity contribution in [3.05, 3.63) is 23.2 Å². The van der Waals surface area contributed by atoms with Gasteiger partial charge in [0.1, 0.15) is 4.90 Å². The van der Waals surface area contributed by atoms with Gasteiger partial charge >= 0.3 is 0 Å². The third-order valence-corrected chi connectivity index (χ3v) is 7.82. The molecule has 27 heavy (non-hydrogen) atoms. The quantitative estimate of drug-likeness (QED) is 0.803. The molecule has 0 aromatic heterocycles. The first-order chi connectivity index (χ1) is 12.9. The average Bonchev–Trinajstić information content (AvgIpc) is 2.66. The van der Waals surface area contributed by atoms with E-state index in [0.29, 0.717) is 31.4 Å². The standard InChI is InChI=1S/C19H28ClN3O3S/c1-15-7-3-6-10-22(15)14-19(24)21-16-8-9-17(20)18(13-16)27(25,26)23-11-4-2-5-12-23/h8-9,13,15H,2-7,10-12,14H2,1H3,(H,21,24)/t15-/m1/s1. The number of rotatable bonds is 5. The zero-order chi connectivity index (χ0) is 19.4. The van der Waals surface area contributed by atoms with Crippen LogP contribution >= 0.6 is 11.6 Å². The summed E-state index contributed by atoms with van der Waals surface area (Å²) in [7, 11) is -3.65. The van der Waals surface area contributed by atoms with Crippen LogP contribution in [0.2, 0.25) is 5.02 Å². The molecule has 0 spiro atoms. The van der Waals surface area contributed by atoms with Crippen molar-refractivity contribution in [2.24, 2.45) is 0 Å². The van der Waals surface area contributed by atoms with Gasteiger partial charge in [-0.05, 0) is 57.4 Å². The smallest absolute Gasteiger partial charge is 0.244 e. The first kappa shape index (κ1) is 20.6. The number of nitrogens with zero attached hydrogens (tertiary/aromatic N) is 2. The summed E-state index contributed by atoms with van der Waals surface area (Å²) >= 11 is 6.18. The maximum atomic E-state index is 12.9. The normalized spacial score (nSPS) is 22.5. The predicted octanol–water partition coefficient (Wildman–Crippen LogP) is 3.33. The Labute approximate surface area is 166 Å². The molecule has 2 aliphatic heterocycles. The summed E-state index contributed by atoms with van der Waals surface area (Å²) in [6.45, 7) is 4.41.